The van der Waals surface area contributed by atoms with Crippen molar-refractivity contribution in [3.63, 3.8) is 0 Å². The van der Waals surface area contributed by atoms with Crippen LogP contribution in [0.15, 0.2) is 24.3 Å². The molecule has 6 heteroatoms. The number of carbonyl (C=O) groups is 1. The van der Waals surface area contributed by atoms with Gasteiger partial charge in [0, 0.05) is 12.2 Å². The Hall–Kier alpha value is -1.59. The summed E-state index contributed by atoms with van der Waals surface area (Å²) in [5.41, 5.74) is 2.38. The molecule has 1 N–H and O–H groups in total. The maximum atomic E-state index is 11.1. The van der Waals surface area contributed by atoms with E-state index in [-0.39, 0.29) is 10.0 Å². The number of carboxylic acid groups (broad SMARTS) is 1. The maximum Gasteiger partial charge on any atom is 0.349 e. The van der Waals surface area contributed by atoms with Crippen molar-refractivity contribution in [3.8, 4) is 0 Å². The Morgan fingerprint density at radius 1 is 1.35 bits per heavy atom. The molecule has 1 aromatic carbocycles. The minimum atomic E-state index is -1.03. The summed E-state index contributed by atoms with van der Waals surface area (Å²) in [6.45, 7) is 0.833. The molecule has 0 amide bonds. The summed E-state index contributed by atoms with van der Waals surface area (Å²) >= 11 is 7.05. The second-order valence-electron chi connectivity index (χ2n) is 4.66. The van der Waals surface area contributed by atoms with Crippen LogP contribution in [-0.2, 0) is 6.42 Å². The van der Waals surface area contributed by atoms with Crippen LogP contribution in [0.4, 0.5) is 10.8 Å². The fourth-order valence-electron chi connectivity index (χ4n) is 2.43. The van der Waals surface area contributed by atoms with E-state index in [1.165, 1.54) is 5.56 Å². The highest BCUT2D eigenvalue weighted by molar-refractivity contribution is 7.18. The van der Waals surface area contributed by atoms with Gasteiger partial charge in [0.1, 0.15) is 0 Å². The normalized spacial score (nSPS) is 14.8. The Balaban J connectivity index is 2.05. The van der Waals surface area contributed by atoms with Gasteiger partial charge in [0.15, 0.2) is 15.2 Å². The molecular weight excluding hydrogens is 296 g/mol. The molecule has 1 aromatic heterocycles. The van der Waals surface area contributed by atoms with Crippen molar-refractivity contribution < 1.29 is 9.90 Å². The van der Waals surface area contributed by atoms with Crippen LogP contribution >= 0.6 is 22.9 Å². The van der Waals surface area contributed by atoms with Gasteiger partial charge in [-0.2, -0.15) is 0 Å². The summed E-state index contributed by atoms with van der Waals surface area (Å²) in [4.78, 5) is 17.5. The Bertz CT molecular complexity index is 656. The van der Waals surface area contributed by atoms with E-state index < -0.39 is 5.97 Å². The standard InChI is InChI=1S/C14H13ClN2O2S/c15-12-11(13(18)19)20-14(16-12)17-8-4-3-6-9-5-1-2-7-10(9)17/h1-2,5,7H,3-4,6,8H2,(H,18,19). The molecule has 2 aromatic rings. The molecule has 0 radical (unpaired) electrons. The second-order valence-corrected chi connectivity index (χ2v) is 5.99. The number of aromatic nitrogens is 1. The first-order valence-electron chi connectivity index (χ1n) is 6.42. The maximum absolute atomic E-state index is 11.1. The average molecular weight is 309 g/mol. The molecule has 4 nitrogen and oxygen atoms in total. The first-order chi connectivity index (χ1) is 9.66. The number of aromatic carboxylic acids is 1. The molecule has 0 fully saturated rings. The molecule has 1 aliphatic rings. The van der Waals surface area contributed by atoms with Crippen molar-refractivity contribution in [1.29, 1.82) is 0 Å². The van der Waals surface area contributed by atoms with Crippen molar-refractivity contribution in [2.24, 2.45) is 0 Å². The van der Waals surface area contributed by atoms with Crippen LogP contribution in [0.1, 0.15) is 28.1 Å². The summed E-state index contributed by atoms with van der Waals surface area (Å²) in [6, 6.07) is 8.18. The highest BCUT2D eigenvalue weighted by Crippen LogP contribution is 2.37. The molecule has 0 spiro atoms. The fraction of sp³-hybridized carbons (Fsp3) is 0.286. The Kier molecular flexibility index (Phi) is 3.63. The van der Waals surface area contributed by atoms with Crippen LogP contribution < -0.4 is 4.90 Å². The zero-order valence-electron chi connectivity index (χ0n) is 10.7. The van der Waals surface area contributed by atoms with E-state index in [9.17, 15) is 4.79 Å². The summed E-state index contributed by atoms with van der Waals surface area (Å²) in [7, 11) is 0. The number of hydrogen-bond donors (Lipinski definition) is 1. The van der Waals surface area contributed by atoms with Gasteiger partial charge < -0.3 is 10.0 Å². The molecule has 104 valence electrons. The van der Waals surface area contributed by atoms with Crippen molar-refractivity contribution in [1.82, 2.24) is 4.98 Å². The number of rotatable bonds is 2. The minimum Gasteiger partial charge on any atom is -0.477 e. The largest absolute Gasteiger partial charge is 0.477 e. The number of hydrogen-bond acceptors (Lipinski definition) is 4. The van der Waals surface area contributed by atoms with E-state index in [0.717, 1.165) is 42.8 Å². The monoisotopic (exact) mass is 308 g/mol. The van der Waals surface area contributed by atoms with Crippen molar-refractivity contribution >= 4 is 39.7 Å². The molecule has 0 atom stereocenters. The predicted octanol–water partition coefficient (Wildman–Crippen LogP) is 3.97. The van der Waals surface area contributed by atoms with E-state index in [0.29, 0.717) is 5.13 Å². The van der Waals surface area contributed by atoms with E-state index in [1.54, 1.807) is 0 Å². The van der Waals surface area contributed by atoms with Crippen LogP contribution in [0.5, 0.6) is 0 Å². The summed E-state index contributed by atoms with van der Waals surface area (Å²) in [5.74, 6) is -1.03. The number of nitrogens with zero attached hydrogens (tertiary/aromatic N) is 2. The van der Waals surface area contributed by atoms with Crippen molar-refractivity contribution in [2.45, 2.75) is 19.3 Å². The number of carboxylic acids is 1. The quantitative estimate of drug-likeness (QED) is 0.912. The van der Waals surface area contributed by atoms with E-state index in [4.69, 9.17) is 16.7 Å². The third-order valence-electron chi connectivity index (χ3n) is 3.36. The zero-order chi connectivity index (χ0) is 14.1. The highest BCUT2D eigenvalue weighted by atomic mass is 35.5. The number of thiazole rings is 1. The summed E-state index contributed by atoms with van der Waals surface area (Å²) in [6.07, 6.45) is 3.21. The van der Waals surface area contributed by atoms with Gasteiger partial charge in [-0.15, -0.1) is 0 Å². The molecule has 2 heterocycles. The van der Waals surface area contributed by atoms with Gasteiger partial charge in [-0.25, -0.2) is 9.78 Å². The second kappa shape index (κ2) is 5.42. The third kappa shape index (κ3) is 2.39. The third-order valence-corrected chi connectivity index (χ3v) is 4.81. The number of benzene rings is 1. The van der Waals surface area contributed by atoms with Gasteiger partial charge in [0.05, 0.1) is 0 Å². The Morgan fingerprint density at radius 3 is 2.90 bits per heavy atom. The lowest BCUT2D eigenvalue weighted by atomic mass is 10.1. The lowest BCUT2D eigenvalue weighted by Gasteiger charge is -2.21. The Morgan fingerprint density at radius 2 is 2.15 bits per heavy atom. The first-order valence-corrected chi connectivity index (χ1v) is 7.61. The van der Waals surface area contributed by atoms with E-state index in [2.05, 4.69) is 22.0 Å². The molecule has 0 saturated heterocycles. The van der Waals surface area contributed by atoms with E-state index >= 15 is 0 Å². The molecule has 3 rings (SSSR count). The SMILES string of the molecule is O=C(O)c1sc(N2CCCCc3ccccc32)nc1Cl. The lowest BCUT2D eigenvalue weighted by Crippen LogP contribution is -2.17. The minimum absolute atomic E-state index is 0.0687. The topological polar surface area (TPSA) is 53.4 Å². The Labute approximate surface area is 125 Å². The zero-order valence-corrected chi connectivity index (χ0v) is 12.2. The lowest BCUT2D eigenvalue weighted by molar-refractivity contribution is 0.0702. The predicted molar refractivity (Wildman–Crippen MR) is 80.5 cm³/mol. The molecule has 0 bridgehead atoms. The highest BCUT2D eigenvalue weighted by Gasteiger charge is 2.23. The number of para-hydroxylation sites is 1. The molecule has 0 unspecified atom stereocenters. The van der Waals surface area contributed by atoms with Gasteiger partial charge in [0.2, 0.25) is 0 Å². The summed E-state index contributed by atoms with van der Waals surface area (Å²) in [5, 5.41) is 9.82. The molecule has 1 aliphatic heterocycles. The van der Waals surface area contributed by atoms with Crippen LogP contribution in [0.25, 0.3) is 0 Å². The number of aryl methyl sites for hydroxylation is 1. The molecule has 0 aliphatic carbocycles. The van der Waals surface area contributed by atoms with Crippen molar-refractivity contribution in [2.75, 3.05) is 11.4 Å². The van der Waals surface area contributed by atoms with Gasteiger partial charge in [-0.1, -0.05) is 41.1 Å². The van der Waals surface area contributed by atoms with Gasteiger partial charge in [0.25, 0.3) is 0 Å². The summed E-state index contributed by atoms with van der Waals surface area (Å²) < 4.78 is 0. The van der Waals surface area contributed by atoms with Crippen LogP contribution in [0.2, 0.25) is 5.15 Å². The fourth-order valence-corrected chi connectivity index (χ4v) is 3.59. The van der Waals surface area contributed by atoms with Crippen LogP contribution in [0, 0.1) is 0 Å². The number of halogens is 1. The van der Waals surface area contributed by atoms with Crippen LogP contribution in [0.3, 0.4) is 0 Å². The molecule has 20 heavy (non-hydrogen) atoms. The smallest absolute Gasteiger partial charge is 0.349 e. The molecular formula is C14H13ClN2O2S. The average Bonchev–Trinajstić information content (AvgIpc) is 2.70. The van der Waals surface area contributed by atoms with Gasteiger partial charge in [-0.3, -0.25) is 0 Å². The van der Waals surface area contributed by atoms with Gasteiger partial charge in [-0.05, 0) is 30.9 Å². The number of fused-ring (bicyclic) bond motifs is 1. The first kappa shape index (κ1) is 13.4. The van der Waals surface area contributed by atoms with E-state index in [1.807, 2.05) is 12.1 Å². The van der Waals surface area contributed by atoms with Gasteiger partial charge >= 0.3 is 5.97 Å². The van der Waals surface area contributed by atoms with Crippen LogP contribution in [-0.4, -0.2) is 22.6 Å². The molecule has 0 saturated carbocycles. The number of anilines is 2. The van der Waals surface area contributed by atoms with Crippen molar-refractivity contribution in [3.05, 3.63) is 39.9 Å².